The minimum Gasteiger partial charge on any atom is -0.333 e. The first kappa shape index (κ1) is 13.7. The molecule has 0 spiro atoms. The quantitative estimate of drug-likeness (QED) is 0.862. The van der Waals surface area contributed by atoms with Crippen molar-refractivity contribution in [2.24, 2.45) is 4.99 Å². The second kappa shape index (κ2) is 5.49. The molecule has 18 heavy (non-hydrogen) atoms. The van der Waals surface area contributed by atoms with Crippen molar-refractivity contribution in [3.05, 3.63) is 29.0 Å². The van der Waals surface area contributed by atoms with Crippen LogP contribution in [-0.2, 0) is 0 Å². The topological polar surface area (TPSA) is 24.4 Å². The van der Waals surface area contributed by atoms with Gasteiger partial charge >= 0.3 is 0 Å². The summed E-state index contributed by atoms with van der Waals surface area (Å²) in [5, 5.41) is 4.32. The van der Waals surface area contributed by atoms with Gasteiger partial charge in [-0.05, 0) is 38.0 Å². The summed E-state index contributed by atoms with van der Waals surface area (Å²) < 4.78 is 13.6. The van der Waals surface area contributed by atoms with Crippen LogP contribution in [-0.4, -0.2) is 16.5 Å². The highest BCUT2D eigenvalue weighted by Crippen LogP contribution is 2.30. The molecule has 2 rings (SSSR count). The number of amidine groups is 1. The van der Waals surface area contributed by atoms with Crippen LogP contribution < -0.4 is 5.32 Å². The van der Waals surface area contributed by atoms with Crippen molar-refractivity contribution in [2.45, 2.75) is 32.2 Å². The lowest BCUT2D eigenvalue weighted by atomic mass is 9.97. The molecular weight excluding hydrogens is 271 g/mol. The third-order valence-electron chi connectivity index (χ3n) is 3.18. The van der Waals surface area contributed by atoms with Gasteiger partial charge < -0.3 is 5.32 Å². The smallest absolute Gasteiger partial charge is 0.161 e. The predicted molar refractivity (Wildman–Crippen MR) is 78.2 cm³/mol. The van der Waals surface area contributed by atoms with Gasteiger partial charge in [-0.3, -0.25) is 4.99 Å². The first-order valence-corrected chi connectivity index (χ1v) is 7.33. The number of halogens is 2. The summed E-state index contributed by atoms with van der Waals surface area (Å²) in [6.07, 6.45) is 2.04. The molecule has 1 aromatic rings. The molecule has 1 unspecified atom stereocenters. The highest BCUT2D eigenvalue weighted by Gasteiger charge is 2.26. The van der Waals surface area contributed by atoms with Gasteiger partial charge in [-0.25, -0.2) is 4.39 Å². The van der Waals surface area contributed by atoms with E-state index < -0.39 is 0 Å². The Balaban J connectivity index is 2.21. The fourth-order valence-corrected chi connectivity index (χ4v) is 3.10. The number of nitrogens with one attached hydrogen (secondary N) is 1. The fraction of sp³-hybridized carbons (Fsp3) is 0.462. The number of hydrogen-bond donors (Lipinski definition) is 1. The average Bonchev–Trinajstić information content (AvgIpc) is 2.34. The molecule has 98 valence electrons. The molecule has 0 saturated heterocycles. The van der Waals surface area contributed by atoms with Crippen molar-refractivity contribution in [1.82, 2.24) is 0 Å². The molecule has 1 aliphatic rings. The minimum absolute atomic E-state index is 0.0391. The molecule has 2 nitrogen and oxygen atoms in total. The Morgan fingerprint density at radius 3 is 3.06 bits per heavy atom. The molecule has 0 saturated carbocycles. The van der Waals surface area contributed by atoms with Gasteiger partial charge in [0.05, 0.1) is 11.2 Å². The molecule has 5 heteroatoms. The largest absolute Gasteiger partial charge is 0.333 e. The van der Waals surface area contributed by atoms with E-state index in [0.29, 0.717) is 10.7 Å². The van der Waals surface area contributed by atoms with Crippen LogP contribution in [0.3, 0.4) is 0 Å². The molecule has 0 radical (unpaired) electrons. The van der Waals surface area contributed by atoms with Crippen LogP contribution in [0.25, 0.3) is 0 Å². The van der Waals surface area contributed by atoms with Gasteiger partial charge in [0.15, 0.2) is 5.17 Å². The summed E-state index contributed by atoms with van der Waals surface area (Å²) in [5.41, 5.74) is 0.344. The second-order valence-electron chi connectivity index (χ2n) is 4.62. The van der Waals surface area contributed by atoms with E-state index in [-0.39, 0.29) is 11.4 Å². The number of hydrogen-bond acceptors (Lipinski definition) is 3. The Bertz CT molecular complexity index is 478. The zero-order chi connectivity index (χ0) is 13.2. The maximum Gasteiger partial charge on any atom is 0.161 e. The van der Waals surface area contributed by atoms with Gasteiger partial charge in [0.25, 0.3) is 0 Å². The van der Waals surface area contributed by atoms with E-state index in [9.17, 15) is 4.39 Å². The van der Waals surface area contributed by atoms with Gasteiger partial charge in [-0.15, -0.1) is 0 Å². The van der Waals surface area contributed by atoms with Crippen LogP contribution in [0.4, 0.5) is 10.1 Å². The summed E-state index contributed by atoms with van der Waals surface area (Å²) in [7, 11) is 0. The lowest BCUT2D eigenvalue weighted by Gasteiger charge is -2.29. The Morgan fingerprint density at radius 1 is 1.56 bits per heavy atom. The van der Waals surface area contributed by atoms with E-state index in [0.717, 1.165) is 23.8 Å². The summed E-state index contributed by atoms with van der Waals surface area (Å²) >= 11 is 7.48. The van der Waals surface area contributed by atoms with Gasteiger partial charge in [-0.1, -0.05) is 30.3 Å². The van der Waals surface area contributed by atoms with Crippen molar-refractivity contribution >= 4 is 34.2 Å². The standard InChI is InChI=1S/C13H16ClFN2S/c1-3-13(2)6-7-18-12(17-13)16-11-8-9(14)4-5-10(11)15/h4-5,8H,3,6-7H2,1-2H3,(H,16,17). The van der Waals surface area contributed by atoms with Gasteiger partial charge in [0, 0.05) is 10.8 Å². The summed E-state index contributed by atoms with van der Waals surface area (Å²) in [4.78, 5) is 4.66. The molecule has 1 aromatic carbocycles. The van der Waals surface area contributed by atoms with Crippen LogP contribution in [0.1, 0.15) is 26.7 Å². The van der Waals surface area contributed by atoms with E-state index in [1.54, 1.807) is 17.8 Å². The number of benzene rings is 1. The van der Waals surface area contributed by atoms with Gasteiger partial charge in [0.1, 0.15) is 5.82 Å². The van der Waals surface area contributed by atoms with Crippen molar-refractivity contribution < 1.29 is 4.39 Å². The third-order valence-corrected chi connectivity index (χ3v) is 4.29. The van der Waals surface area contributed by atoms with Crippen molar-refractivity contribution in [1.29, 1.82) is 0 Å². The van der Waals surface area contributed by atoms with Crippen molar-refractivity contribution in [3.8, 4) is 0 Å². The van der Waals surface area contributed by atoms with Crippen molar-refractivity contribution in [3.63, 3.8) is 0 Å². The first-order chi connectivity index (χ1) is 8.52. The highest BCUT2D eigenvalue weighted by atomic mass is 35.5. The molecule has 1 N–H and O–H groups in total. The maximum atomic E-state index is 13.6. The predicted octanol–water partition coefficient (Wildman–Crippen LogP) is 4.55. The lowest BCUT2D eigenvalue weighted by Crippen LogP contribution is -2.29. The molecule has 0 bridgehead atoms. The average molecular weight is 287 g/mol. The molecule has 0 fully saturated rings. The second-order valence-corrected chi connectivity index (χ2v) is 6.14. The fourth-order valence-electron chi connectivity index (χ4n) is 1.73. The molecule has 1 atom stereocenters. The Kier molecular flexibility index (Phi) is 4.17. The minimum atomic E-state index is -0.313. The molecule has 1 heterocycles. The van der Waals surface area contributed by atoms with E-state index in [1.165, 1.54) is 12.1 Å². The Hall–Kier alpha value is -0.740. The number of nitrogens with zero attached hydrogens (tertiary/aromatic N) is 1. The zero-order valence-electron chi connectivity index (χ0n) is 10.5. The van der Waals surface area contributed by atoms with E-state index in [1.807, 2.05) is 0 Å². The number of anilines is 1. The maximum absolute atomic E-state index is 13.6. The van der Waals surface area contributed by atoms with E-state index in [4.69, 9.17) is 11.6 Å². The van der Waals surface area contributed by atoms with Crippen LogP contribution >= 0.6 is 23.4 Å². The third kappa shape index (κ3) is 3.18. The van der Waals surface area contributed by atoms with Crippen LogP contribution in [0.15, 0.2) is 23.2 Å². The van der Waals surface area contributed by atoms with E-state index >= 15 is 0 Å². The molecule has 0 aromatic heterocycles. The SMILES string of the molecule is CCC1(C)CCSC(Nc2cc(Cl)ccc2F)=N1. The van der Waals surface area contributed by atoms with Gasteiger partial charge in [-0.2, -0.15) is 0 Å². The normalized spacial score (nSPS) is 23.7. The molecule has 0 aliphatic carbocycles. The Labute approximate surface area is 116 Å². The summed E-state index contributed by atoms with van der Waals surface area (Å²) in [6.45, 7) is 4.25. The lowest BCUT2D eigenvalue weighted by molar-refractivity contribution is 0.443. The van der Waals surface area contributed by atoms with Crippen LogP contribution in [0.2, 0.25) is 5.02 Å². The highest BCUT2D eigenvalue weighted by molar-refractivity contribution is 8.14. The first-order valence-electron chi connectivity index (χ1n) is 5.97. The monoisotopic (exact) mass is 286 g/mol. The van der Waals surface area contributed by atoms with Crippen LogP contribution in [0.5, 0.6) is 0 Å². The summed E-state index contributed by atoms with van der Waals surface area (Å²) in [6, 6.07) is 4.48. The number of aliphatic imine (C=N–C) groups is 1. The van der Waals surface area contributed by atoms with Crippen LogP contribution in [0, 0.1) is 5.82 Å². The van der Waals surface area contributed by atoms with Gasteiger partial charge in [0.2, 0.25) is 0 Å². The molecular formula is C13H16ClFN2S. The number of thioether (sulfide) groups is 1. The van der Waals surface area contributed by atoms with Crippen molar-refractivity contribution in [2.75, 3.05) is 11.1 Å². The molecule has 1 aliphatic heterocycles. The summed E-state index contributed by atoms with van der Waals surface area (Å²) in [5.74, 6) is 0.685. The Morgan fingerprint density at radius 2 is 2.33 bits per heavy atom. The van der Waals surface area contributed by atoms with E-state index in [2.05, 4.69) is 24.2 Å². The molecule has 0 amide bonds. The number of rotatable bonds is 2. The zero-order valence-corrected chi connectivity index (χ0v) is 12.0.